The molecule has 166 valence electrons. The van der Waals surface area contributed by atoms with Crippen LogP contribution in [0.25, 0.3) is 11.5 Å². The average molecular weight is 441 g/mol. The van der Waals surface area contributed by atoms with Gasteiger partial charge in [0.15, 0.2) is 11.6 Å². The number of rotatable bonds is 7. The zero-order chi connectivity index (χ0) is 22.6. The minimum absolute atomic E-state index is 0.0485. The molecule has 9 heteroatoms. The molecule has 0 radical (unpaired) electrons. The van der Waals surface area contributed by atoms with Crippen molar-refractivity contribution < 1.29 is 9.53 Å². The van der Waals surface area contributed by atoms with E-state index >= 15 is 0 Å². The van der Waals surface area contributed by atoms with E-state index in [1.54, 1.807) is 18.3 Å². The molecule has 3 heterocycles. The Hall–Kier alpha value is -4.27. The van der Waals surface area contributed by atoms with E-state index in [1.807, 2.05) is 48.0 Å². The molecule has 1 aliphatic rings. The molecule has 0 spiro atoms. The summed E-state index contributed by atoms with van der Waals surface area (Å²) in [6, 6.07) is 17.1. The topological polar surface area (TPSA) is 107 Å². The van der Waals surface area contributed by atoms with Crippen molar-refractivity contribution in [2.45, 2.75) is 19.1 Å². The standard InChI is InChI=1S/C24H23N7O2/c1-31-22(29-30-23(31)20-9-10-25-15-28-20)14-26-18-7-4-6-17(11-18)24(32)27-13-19-12-16-5-2-3-8-21(16)33-19/h2-11,15,19,26H,12-14H2,1H3,(H,27,32). The number of aromatic nitrogens is 5. The largest absolute Gasteiger partial charge is 0.488 e. The van der Waals surface area contributed by atoms with Crippen molar-refractivity contribution in [1.29, 1.82) is 0 Å². The van der Waals surface area contributed by atoms with Gasteiger partial charge in [-0.3, -0.25) is 4.79 Å². The molecule has 33 heavy (non-hydrogen) atoms. The lowest BCUT2D eigenvalue weighted by atomic mass is 10.1. The molecule has 1 atom stereocenters. The second-order valence-corrected chi connectivity index (χ2v) is 7.79. The first-order valence-corrected chi connectivity index (χ1v) is 10.7. The fourth-order valence-corrected chi connectivity index (χ4v) is 3.79. The van der Waals surface area contributed by atoms with Gasteiger partial charge in [0, 0.05) is 30.9 Å². The van der Waals surface area contributed by atoms with Gasteiger partial charge in [0.2, 0.25) is 0 Å². The number of carbonyl (C=O) groups is 1. The lowest BCUT2D eigenvalue weighted by Crippen LogP contribution is -2.34. The fourth-order valence-electron chi connectivity index (χ4n) is 3.79. The number of nitrogens with one attached hydrogen (secondary N) is 2. The van der Waals surface area contributed by atoms with Gasteiger partial charge in [0.05, 0.1) is 13.1 Å². The Kier molecular flexibility index (Phi) is 5.67. The summed E-state index contributed by atoms with van der Waals surface area (Å²) in [6.07, 6.45) is 3.90. The van der Waals surface area contributed by atoms with E-state index in [-0.39, 0.29) is 12.0 Å². The lowest BCUT2D eigenvalue weighted by molar-refractivity contribution is 0.0933. The van der Waals surface area contributed by atoms with Gasteiger partial charge < -0.3 is 19.9 Å². The molecule has 5 rings (SSSR count). The smallest absolute Gasteiger partial charge is 0.251 e. The highest BCUT2D eigenvalue weighted by Gasteiger charge is 2.22. The number of hydrogen-bond acceptors (Lipinski definition) is 7. The Morgan fingerprint density at radius 1 is 1.15 bits per heavy atom. The van der Waals surface area contributed by atoms with Crippen molar-refractivity contribution in [3.05, 3.63) is 84.1 Å². The maximum absolute atomic E-state index is 12.7. The van der Waals surface area contributed by atoms with E-state index in [2.05, 4.69) is 36.9 Å². The monoisotopic (exact) mass is 441 g/mol. The van der Waals surface area contributed by atoms with E-state index in [9.17, 15) is 4.79 Å². The third-order valence-electron chi connectivity index (χ3n) is 5.56. The number of nitrogens with zero attached hydrogens (tertiary/aromatic N) is 5. The van der Waals surface area contributed by atoms with E-state index < -0.39 is 0 Å². The molecule has 0 saturated carbocycles. The van der Waals surface area contributed by atoms with Crippen LogP contribution in [-0.2, 0) is 20.0 Å². The summed E-state index contributed by atoms with van der Waals surface area (Å²) in [7, 11) is 1.89. The first-order valence-electron chi connectivity index (χ1n) is 10.7. The summed E-state index contributed by atoms with van der Waals surface area (Å²) in [4.78, 5) is 20.8. The molecule has 2 N–H and O–H groups in total. The Morgan fingerprint density at radius 3 is 2.91 bits per heavy atom. The fraction of sp³-hybridized carbons (Fsp3) is 0.208. The maximum Gasteiger partial charge on any atom is 0.251 e. The van der Waals surface area contributed by atoms with Gasteiger partial charge in [-0.05, 0) is 35.9 Å². The number of carbonyl (C=O) groups excluding carboxylic acids is 1. The van der Waals surface area contributed by atoms with Crippen molar-refractivity contribution in [2.24, 2.45) is 7.05 Å². The van der Waals surface area contributed by atoms with Crippen LogP contribution in [0.1, 0.15) is 21.7 Å². The Bertz CT molecular complexity index is 1250. The van der Waals surface area contributed by atoms with Gasteiger partial charge in [-0.15, -0.1) is 10.2 Å². The quantitative estimate of drug-likeness (QED) is 0.454. The molecule has 0 aliphatic carbocycles. The number of benzene rings is 2. The number of fused-ring (bicyclic) bond motifs is 1. The lowest BCUT2D eigenvalue weighted by Gasteiger charge is -2.13. The van der Waals surface area contributed by atoms with Gasteiger partial charge in [-0.25, -0.2) is 9.97 Å². The number of hydrogen-bond donors (Lipinski definition) is 2. The maximum atomic E-state index is 12.7. The highest BCUT2D eigenvalue weighted by atomic mass is 16.5. The van der Waals surface area contributed by atoms with Crippen LogP contribution in [0.5, 0.6) is 5.75 Å². The van der Waals surface area contributed by atoms with Crippen molar-refractivity contribution in [2.75, 3.05) is 11.9 Å². The molecule has 0 bridgehead atoms. The van der Waals surface area contributed by atoms with E-state index in [0.29, 0.717) is 30.2 Å². The molecule has 0 saturated heterocycles. The molecular weight excluding hydrogens is 418 g/mol. The predicted octanol–water partition coefficient (Wildman–Crippen LogP) is 2.62. The average Bonchev–Trinajstić information content (AvgIpc) is 3.44. The minimum Gasteiger partial charge on any atom is -0.488 e. The molecular formula is C24H23N7O2. The zero-order valence-corrected chi connectivity index (χ0v) is 18.1. The van der Waals surface area contributed by atoms with Gasteiger partial charge in [0.25, 0.3) is 5.91 Å². The third-order valence-corrected chi connectivity index (χ3v) is 5.56. The van der Waals surface area contributed by atoms with Gasteiger partial charge in [0.1, 0.15) is 23.9 Å². The van der Waals surface area contributed by atoms with Crippen LogP contribution in [0.4, 0.5) is 5.69 Å². The number of anilines is 1. The van der Waals surface area contributed by atoms with Crippen LogP contribution in [0.15, 0.2) is 67.1 Å². The van der Waals surface area contributed by atoms with Crippen LogP contribution in [0, 0.1) is 0 Å². The van der Waals surface area contributed by atoms with Gasteiger partial charge >= 0.3 is 0 Å². The summed E-state index contributed by atoms with van der Waals surface area (Å²) in [5.41, 5.74) is 3.28. The molecule has 1 amide bonds. The number of ether oxygens (including phenoxy) is 1. The third kappa shape index (κ3) is 4.52. The van der Waals surface area contributed by atoms with Crippen LogP contribution in [-0.4, -0.2) is 43.3 Å². The van der Waals surface area contributed by atoms with Crippen molar-refractivity contribution in [1.82, 2.24) is 30.0 Å². The van der Waals surface area contributed by atoms with Crippen molar-refractivity contribution in [3.63, 3.8) is 0 Å². The molecule has 2 aromatic carbocycles. The van der Waals surface area contributed by atoms with Gasteiger partial charge in [-0.1, -0.05) is 24.3 Å². The number of para-hydroxylation sites is 1. The Morgan fingerprint density at radius 2 is 2.06 bits per heavy atom. The van der Waals surface area contributed by atoms with E-state index in [0.717, 1.165) is 23.7 Å². The van der Waals surface area contributed by atoms with Crippen LogP contribution in [0.3, 0.4) is 0 Å². The minimum atomic E-state index is -0.136. The second kappa shape index (κ2) is 9.07. The molecule has 1 aliphatic heterocycles. The highest BCUT2D eigenvalue weighted by Crippen LogP contribution is 2.27. The number of amides is 1. The highest BCUT2D eigenvalue weighted by molar-refractivity contribution is 5.95. The van der Waals surface area contributed by atoms with Crippen molar-refractivity contribution >= 4 is 11.6 Å². The summed E-state index contributed by atoms with van der Waals surface area (Å²) in [5.74, 6) is 2.17. The molecule has 1 unspecified atom stereocenters. The normalized spacial score (nSPS) is 14.4. The molecule has 2 aromatic heterocycles. The van der Waals surface area contributed by atoms with Crippen LogP contribution in [0.2, 0.25) is 0 Å². The summed E-state index contributed by atoms with van der Waals surface area (Å²) >= 11 is 0. The second-order valence-electron chi connectivity index (χ2n) is 7.79. The first kappa shape index (κ1) is 20.6. The van der Waals surface area contributed by atoms with Gasteiger partial charge in [-0.2, -0.15) is 0 Å². The van der Waals surface area contributed by atoms with Crippen LogP contribution < -0.4 is 15.4 Å². The summed E-state index contributed by atoms with van der Waals surface area (Å²) < 4.78 is 7.78. The zero-order valence-electron chi connectivity index (χ0n) is 18.1. The molecule has 9 nitrogen and oxygen atoms in total. The van der Waals surface area contributed by atoms with E-state index in [4.69, 9.17) is 4.74 Å². The predicted molar refractivity (Wildman–Crippen MR) is 123 cm³/mol. The SMILES string of the molecule is Cn1c(CNc2cccc(C(=O)NCC3Cc4ccccc4O3)c2)nnc1-c1ccncn1. The Labute approximate surface area is 190 Å². The Balaban J connectivity index is 1.18. The molecule has 0 fully saturated rings. The summed E-state index contributed by atoms with van der Waals surface area (Å²) in [5, 5.41) is 14.8. The van der Waals surface area contributed by atoms with Crippen molar-refractivity contribution in [3.8, 4) is 17.3 Å². The first-order chi connectivity index (χ1) is 16.2. The van der Waals surface area contributed by atoms with E-state index in [1.165, 1.54) is 11.9 Å². The van der Waals surface area contributed by atoms with Crippen LogP contribution >= 0.6 is 0 Å². The molecule has 4 aromatic rings. The summed E-state index contributed by atoms with van der Waals surface area (Å²) in [6.45, 7) is 0.907.